The van der Waals surface area contributed by atoms with Crippen LogP contribution >= 0.6 is 0 Å². The van der Waals surface area contributed by atoms with Crippen LogP contribution in [0.15, 0.2) is 30.3 Å². The summed E-state index contributed by atoms with van der Waals surface area (Å²) in [5.41, 5.74) is 1.26. The van der Waals surface area contributed by atoms with E-state index in [4.69, 9.17) is 9.47 Å². The fourth-order valence-electron chi connectivity index (χ4n) is 2.90. The summed E-state index contributed by atoms with van der Waals surface area (Å²) in [5, 5.41) is 3.69. The van der Waals surface area contributed by atoms with Crippen LogP contribution in [0.5, 0.6) is 0 Å². The Labute approximate surface area is 122 Å². The molecule has 3 atom stereocenters. The molecule has 0 aliphatic carbocycles. The van der Waals surface area contributed by atoms with Gasteiger partial charge < -0.3 is 14.8 Å². The van der Waals surface area contributed by atoms with Crippen LogP contribution in [0.25, 0.3) is 0 Å². The van der Waals surface area contributed by atoms with Gasteiger partial charge in [-0.15, -0.1) is 0 Å². The van der Waals surface area contributed by atoms with Gasteiger partial charge in [0.05, 0.1) is 12.7 Å². The molecule has 20 heavy (non-hydrogen) atoms. The number of nitrogens with one attached hydrogen (secondary N) is 1. The summed E-state index contributed by atoms with van der Waals surface area (Å²) < 4.78 is 11.7. The summed E-state index contributed by atoms with van der Waals surface area (Å²) in [4.78, 5) is 0. The van der Waals surface area contributed by atoms with Crippen molar-refractivity contribution in [1.29, 1.82) is 0 Å². The fourth-order valence-corrected chi connectivity index (χ4v) is 2.90. The Balaban J connectivity index is 2.16. The van der Waals surface area contributed by atoms with Crippen molar-refractivity contribution >= 4 is 0 Å². The molecule has 0 saturated carbocycles. The van der Waals surface area contributed by atoms with Gasteiger partial charge in [0.1, 0.15) is 0 Å². The van der Waals surface area contributed by atoms with Crippen molar-refractivity contribution in [3.63, 3.8) is 0 Å². The van der Waals surface area contributed by atoms with Gasteiger partial charge >= 0.3 is 0 Å². The van der Waals surface area contributed by atoms with E-state index in [2.05, 4.69) is 49.5 Å². The van der Waals surface area contributed by atoms with Gasteiger partial charge in [-0.3, -0.25) is 0 Å². The molecule has 1 saturated heterocycles. The molecule has 0 amide bonds. The summed E-state index contributed by atoms with van der Waals surface area (Å²) >= 11 is 0. The second-order valence-electron chi connectivity index (χ2n) is 5.39. The predicted molar refractivity (Wildman–Crippen MR) is 81.8 cm³/mol. The topological polar surface area (TPSA) is 30.5 Å². The van der Waals surface area contributed by atoms with Gasteiger partial charge in [0.2, 0.25) is 0 Å². The molecular weight excluding hydrogens is 250 g/mol. The first-order valence-electron chi connectivity index (χ1n) is 7.84. The molecule has 1 heterocycles. The lowest BCUT2D eigenvalue weighted by atomic mass is 9.90. The number of hydrogen-bond donors (Lipinski definition) is 1. The Bertz CT molecular complexity index is 363. The molecule has 1 aliphatic heterocycles. The van der Waals surface area contributed by atoms with Crippen LogP contribution < -0.4 is 5.32 Å². The largest absolute Gasteiger partial charge is 0.381 e. The van der Waals surface area contributed by atoms with Crippen LogP contribution in [0.3, 0.4) is 0 Å². The number of rotatable bonds is 8. The van der Waals surface area contributed by atoms with E-state index in [0.29, 0.717) is 12.0 Å². The van der Waals surface area contributed by atoms with E-state index in [-0.39, 0.29) is 6.10 Å². The van der Waals surface area contributed by atoms with Gasteiger partial charge in [0.25, 0.3) is 0 Å². The van der Waals surface area contributed by atoms with Crippen molar-refractivity contribution in [2.75, 3.05) is 26.4 Å². The maximum absolute atomic E-state index is 6.08. The Morgan fingerprint density at radius 1 is 1.30 bits per heavy atom. The van der Waals surface area contributed by atoms with Gasteiger partial charge in [0, 0.05) is 25.2 Å². The quantitative estimate of drug-likeness (QED) is 0.791. The SMILES string of the molecule is CCCNC(C1CCOC1)C(OCC)c1ccccc1. The zero-order valence-corrected chi connectivity index (χ0v) is 12.7. The van der Waals surface area contributed by atoms with Crippen LogP contribution in [0.2, 0.25) is 0 Å². The molecule has 3 unspecified atom stereocenters. The third kappa shape index (κ3) is 4.05. The maximum Gasteiger partial charge on any atom is 0.0981 e. The highest BCUT2D eigenvalue weighted by molar-refractivity contribution is 5.19. The molecule has 1 fully saturated rings. The Morgan fingerprint density at radius 3 is 2.70 bits per heavy atom. The molecule has 3 heteroatoms. The van der Waals surface area contributed by atoms with Crippen LogP contribution in [0.4, 0.5) is 0 Å². The third-order valence-electron chi connectivity index (χ3n) is 3.90. The highest BCUT2D eigenvalue weighted by Gasteiger charge is 2.33. The van der Waals surface area contributed by atoms with Gasteiger partial charge in [-0.2, -0.15) is 0 Å². The second-order valence-corrected chi connectivity index (χ2v) is 5.39. The number of hydrogen-bond acceptors (Lipinski definition) is 3. The molecule has 1 aliphatic rings. The van der Waals surface area contributed by atoms with Crippen LogP contribution in [0, 0.1) is 5.92 Å². The van der Waals surface area contributed by atoms with E-state index in [1.54, 1.807) is 0 Å². The van der Waals surface area contributed by atoms with Crippen molar-refractivity contribution in [2.45, 2.75) is 38.8 Å². The summed E-state index contributed by atoms with van der Waals surface area (Å²) in [7, 11) is 0. The predicted octanol–water partition coefficient (Wildman–Crippen LogP) is 3.17. The van der Waals surface area contributed by atoms with E-state index in [1.807, 2.05) is 0 Å². The zero-order valence-electron chi connectivity index (χ0n) is 12.7. The first-order valence-corrected chi connectivity index (χ1v) is 7.84. The van der Waals surface area contributed by atoms with E-state index >= 15 is 0 Å². The molecule has 0 aromatic heterocycles. The van der Waals surface area contributed by atoms with E-state index in [9.17, 15) is 0 Å². The number of benzene rings is 1. The monoisotopic (exact) mass is 277 g/mol. The molecular formula is C17H27NO2. The lowest BCUT2D eigenvalue weighted by molar-refractivity contribution is 0.0139. The van der Waals surface area contributed by atoms with Crippen molar-refractivity contribution in [3.05, 3.63) is 35.9 Å². The summed E-state index contributed by atoms with van der Waals surface area (Å²) in [6.45, 7) is 7.75. The molecule has 1 N–H and O–H groups in total. The third-order valence-corrected chi connectivity index (χ3v) is 3.90. The Hall–Kier alpha value is -0.900. The average Bonchev–Trinajstić information content (AvgIpc) is 3.01. The van der Waals surface area contributed by atoms with Crippen LogP contribution in [0.1, 0.15) is 38.4 Å². The first kappa shape index (κ1) is 15.5. The smallest absolute Gasteiger partial charge is 0.0981 e. The Morgan fingerprint density at radius 2 is 2.10 bits per heavy atom. The van der Waals surface area contributed by atoms with Crippen molar-refractivity contribution in [2.24, 2.45) is 5.92 Å². The summed E-state index contributed by atoms with van der Waals surface area (Å²) in [6.07, 6.45) is 2.37. The zero-order chi connectivity index (χ0) is 14.2. The Kier molecular flexibility index (Phi) is 6.51. The molecule has 1 aromatic rings. The average molecular weight is 277 g/mol. The normalized spacial score (nSPS) is 21.8. The van der Waals surface area contributed by atoms with Gasteiger partial charge in [-0.25, -0.2) is 0 Å². The first-order chi connectivity index (χ1) is 9.86. The minimum Gasteiger partial charge on any atom is -0.381 e. The molecule has 0 radical (unpaired) electrons. The minimum absolute atomic E-state index is 0.111. The van der Waals surface area contributed by atoms with Crippen LogP contribution in [-0.4, -0.2) is 32.4 Å². The van der Waals surface area contributed by atoms with E-state index in [0.717, 1.165) is 39.2 Å². The molecule has 112 valence electrons. The molecule has 0 bridgehead atoms. The van der Waals surface area contributed by atoms with E-state index < -0.39 is 0 Å². The van der Waals surface area contributed by atoms with Crippen molar-refractivity contribution < 1.29 is 9.47 Å². The van der Waals surface area contributed by atoms with Gasteiger partial charge in [-0.1, -0.05) is 37.3 Å². The second kappa shape index (κ2) is 8.40. The highest BCUT2D eigenvalue weighted by Crippen LogP contribution is 2.30. The summed E-state index contributed by atoms with van der Waals surface area (Å²) in [6, 6.07) is 10.9. The van der Waals surface area contributed by atoms with Crippen molar-refractivity contribution in [3.8, 4) is 0 Å². The highest BCUT2D eigenvalue weighted by atomic mass is 16.5. The molecule has 0 spiro atoms. The van der Waals surface area contributed by atoms with E-state index in [1.165, 1.54) is 5.56 Å². The van der Waals surface area contributed by atoms with Crippen molar-refractivity contribution in [1.82, 2.24) is 5.32 Å². The summed E-state index contributed by atoms with van der Waals surface area (Å²) in [5.74, 6) is 0.540. The number of ether oxygens (including phenoxy) is 2. The molecule has 3 nitrogen and oxygen atoms in total. The lowest BCUT2D eigenvalue weighted by Crippen LogP contribution is -2.43. The molecule has 1 aromatic carbocycles. The minimum atomic E-state index is 0.111. The van der Waals surface area contributed by atoms with Crippen LogP contribution in [-0.2, 0) is 9.47 Å². The molecule has 2 rings (SSSR count). The standard InChI is InChI=1S/C17H27NO2/c1-3-11-18-16(15-10-12-19-13-15)17(20-4-2)14-8-6-5-7-9-14/h5-9,15-18H,3-4,10-13H2,1-2H3. The maximum atomic E-state index is 6.08. The van der Waals surface area contributed by atoms with Gasteiger partial charge in [0.15, 0.2) is 0 Å². The van der Waals surface area contributed by atoms with Gasteiger partial charge in [-0.05, 0) is 31.9 Å². The lowest BCUT2D eigenvalue weighted by Gasteiger charge is -2.32. The fraction of sp³-hybridized carbons (Fsp3) is 0.647.